The van der Waals surface area contributed by atoms with E-state index in [0.717, 1.165) is 13.1 Å². The summed E-state index contributed by atoms with van der Waals surface area (Å²) in [6, 6.07) is 0. The first-order valence-electron chi connectivity index (χ1n) is 6.97. The lowest BCUT2D eigenvalue weighted by atomic mass is 9.84. The van der Waals surface area contributed by atoms with Crippen molar-refractivity contribution in [3.8, 4) is 0 Å². The molecule has 2 nitrogen and oxygen atoms in total. The third kappa shape index (κ3) is 3.21. The van der Waals surface area contributed by atoms with Gasteiger partial charge in [-0.25, -0.2) is 0 Å². The topological polar surface area (TPSA) is 23.5 Å². The number of likely N-dealkylation sites (tertiary alicyclic amines) is 1. The van der Waals surface area contributed by atoms with Crippen LogP contribution in [0, 0.1) is 11.3 Å². The Hall–Kier alpha value is -0.0800. The number of aliphatic hydroxyl groups excluding tert-OH is 1. The second-order valence-corrected chi connectivity index (χ2v) is 6.61. The fourth-order valence-electron chi connectivity index (χ4n) is 3.46. The van der Waals surface area contributed by atoms with Crippen LogP contribution in [0.2, 0.25) is 0 Å². The SMILES string of the molecule is CC1(C)CCCN(CC(O)C2CCCC2)C1. The molecular weight excluding hydrogens is 198 g/mol. The second-order valence-electron chi connectivity index (χ2n) is 6.61. The number of rotatable bonds is 3. The van der Waals surface area contributed by atoms with Crippen molar-refractivity contribution in [2.75, 3.05) is 19.6 Å². The van der Waals surface area contributed by atoms with Gasteiger partial charge in [0.25, 0.3) is 0 Å². The minimum absolute atomic E-state index is 0.0728. The molecule has 1 heterocycles. The van der Waals surface area contributed by atoms with Gasteiger partial charge < -0.3 is 10.0 Å². The van der Waals surface area contributed by atoms with Gasteiger partial charge in [0.2, 0.25) is 0 Å². The summed E-state index contributed by atoms with van der Waals surface area (Å²) in [6.07, 6.45) is 7.71. The lowest BCUT2D eigenvalue weighted by molar-refractivity contribution is 0.0327. The van der Waals surface area contributed by atoms with Gasteiger partial charge in [0, 0.05) is 13.1 Å². The third-order valence-corrected chi connectivity index (χ3v) is 4.37. The molecule has 1 saturated heterocycles. The number of piperidine rings is 1. The third-order valence-electron chi connectivity index (χ3n) is 4.37. The van der Waals surface area contributed by atoms with Crippen molar-refractivity contribution >= 4 is 0 Å². The normalized spacial score (nSPS) is 29.4. The highest BCUT2D eigenvalue weighted by Crippen LogP contribution is 2.31. The Balaban J connectivity index is 1.79. The second kappa shape index (κ2) is 5.05. The van der Waals surface area contributed by atoms with Gasteiger partial charge in [-0.3, -0.25) is 0 Å². The molecule has 1 saturated carbocycles. The molecule has 2 fully saturated rings. The van der Waals surface area contributed by atoms with E-state index in [1.807, 2.05) is 0 Å². The summed E-state index contributed by atoms with van der Waals surface area (Å²) in [4.78, 5) is 2.48. The van der Waals surface area contributed by atoms with Crippen molar-refractivity contribution in [2.24, 2.45) is 11.3 Å². The molecule has 0 spiro atoms. The molecule has 0 bridgehead atoms. The highest BCUT2D eigenvalue weighted by Gasteiger charge is 2.30. The van der Waals surface area contributed by atoms with Gasteiger partial charge in [-0.05, 0) is 43.6 Å². The maximum Gasteiger partial charge on any atom is 0.0695 e. The zero-order valence-electron chi connectivity index (χ0n) is 10.9. The van der Waals surface area contributed by atoms with Gasteiger partial charge in [-0.2, -0.15) is 0 Å². The molecule has 1 atom stereocenters. The quantitative estimate of drug-likeness (QED) is 0.798. The van der Waals surface area contributed by atoms with E-state index in [-0.39, 0.29) is 6.10 Å². The summed E-state index contributed by atoms with van der Waals surface area (Å²) >= 11 is 0. The minimum atomic E-state index is -0.0728. The van der Waals surface area contributed by atoms with Crippen LogP contribution in [-0.2, 0) is 0 Å². The van der Waals surface area contributed by atoms with E-state index in [1.165, 1.54) is 45.1 Å². The summed E-state index contributed by atoms with van der Waals surface area (Å²) in [5.74, 6) is 0.588. The Morgan fingerprint density at radius 3 is 2.56 bits per heavy atom. The molecular formula is C14H27NO. The van der Waals surface area contributed by atoms with Crippen LogP contribution in [-0.4, -0.2) is 35.7 Å². The molecule has 0 aromatic carbocycles. The fraction of sp³-hybridized carbons (Fsp3) is 1.00. The van der Waals surface area contributed by atoms with Crippen LogP contribution < -0.4 is 0 Å². The van der Waals surface area contributed by atoms with E-state index in [2.05, 4.69) is 18.7 Å². The van der Waals surface area contributed by atoms with Gasteiger partial charge in [0.05, 0.1) is 6.10 Å². The molecule has 1 N–H and O–H groups in total. The van der Waals surface area contributed by atoms with Crippen molar-refractivity contribution in [3.05, 3.63) is 0 Å². The Bertz CT molecular complexity index is 221. The molecule has 1 unspecified atom stereocenters. The number of aliphatic hydroxyl groups is 1. The Morgan fingerprint density at radius 1 is 1.25 bits per heavy atom. The fourth-order valence-corrected chi connectivity index (χ4v) is 3.46. The first-order valence-corrected chi connectivity index (χ1v) is 6.97. The molecule has 94 valence electrons. The zero-order valence-corrected chi connectivity index (χ0v) is 10.9. The molecule has 0 amide bonds. The van der Waals surface area contributed by atoms with Crippen LogP contribution in [0.25, 0.3) is 0 Å². The van der Waals surface area contributed by atoms with Crippen LogP contribution in [0.3, 0.4) is 0 Å². The smallest absolute Gasteiger partial charge is 0.0695 e. The largest absolute Gasteiger partial charge is 0.392 e. The summed E-state index contributed by atoms with van der Waals surface area (Å²) in [6.45, 7) is 7.96. The van der Waals surface area contributed by atoms with Crippen molar-refractivity contribution in [3.63, 3.8) is 0 Å². The van der Waals surface area contributed by atoms with Gasteiger partial charge in [-0.1, -0.05) is 26.7 Å². The highest BCUT2D eigenvalue weighted by atomic mass is 16.3. The monoisotopic (exact) mass is 225 g/mol. The van der Waals surface area contributed by atoms with Crippen molar-refractivity contribution in [1.82, 2.24) is 4.90 Å². The van der Waals surface area contributed by atoms with Crippen LogP contribution in [0.5, 0.6) is 0 Å². The van der Waals surface area contributed by atoms with Crippen molar-refractivity contribution in [2.45, 2.75) is 58.5 Å². The van der Waals surface area contributed by atoms with Gasteiger partial charge in [0.1, 0.15) is 0 Å². The molecule has 0 aromatic rings. The van der Waals surface area contributed by atoms with Gasteiger partial charge in [-0.15, -0.1) is 0 Å². The average Bonchev–Trinajstić information content (AvgIpc) is 2.68. The predicted octanol–water partition coefficient (Wildman–Crippen LogP) is 2.66. The van der Waals surface area contributed by atoms with Gasteiger partial charge in [0.15, 0.2) is 0 Å². The summed E-state index contributed by atoms with van der Waals surface area (Å²) in [7, 11) is 0. The first kappa shape index (κ1) is 12.4. The van der Waals surface area contributed by atoms with Crippen molar-refractivity contribution in [1.29, 1.82) is 0 Å². The van der Waals surface area contributed by atoms with E-state index in [9.17, 15) is 5.11 Å². The molecule has 1 aliphatic carbocycles. The maximum absolute atomic E-state index is 10.2. The number of β-amino-alcohol motifs (C(OH)–C–C–N with tert-alkyl or cyclic N) is 1. The summed E-state index contributed by atoms with van der Waals surface area (Å²) < 4.78 is 0. The molecule has 0 radical (unpaired) electrons. The average molecular weight is 225 g/mol. The van der Waals surface area contributed by atoms with Crippen LogP contribution >= 0.6 is 0 Å². The highest BCUT2D eigenvalue weighted by molar-refractivity contribution is 4.83. The first-order chi connectivity index (χ1) is 7.57. The zero-order chi connectivity index (χ0) is 11.6. The molecule has 1 aliphatic heterocycles. The summed E-state index contributed by atoms with van der Waals surface area (Å²) in [5, 5.41) is 10.2. The minimum Gasteiger partial charge on any atom is -0.392 e. The van der Waals surface area contributed by atoms with E-state index in [1.54, 1.807) is 0 Å². The molecule has 2 heteroatoms. The van der Waals surface area contributed by atoms with E-state index in [0.29, 0.717) is 11.3 Å². The Morgan fingerprint density at radius 2 is 1.94 bits per heavy atom. The number of nitrogens with zero attached hydrogens (tertiary/aromatic N) is 1. The van der Waals surface area contributed by atoms with Crippen LogP contribution in [0.1, 0.15) is 52.4 Å². The molecule has 16 heavy (non-hydrogen) atoms. The van der Waals surface area contributed by atoms with Gasteiger partial charge >= 0.3 is 0 Å². The maximum atomic E-state index is 10.2. The standard InChI is InChI=1S/C14H27NO/c1-14(2)8-5-9-15(11-14)10-13(16)12-6-3-4-7-12/h12-13,16H,3-11H2,1-2H3. The molecule has 2 aliphatic rings. The van der Waals surface area contributed by atoms with E-state index < -0.39 is 0 Å². The van der Waals surface area contributed by atoms with Crippen molar-refractivity contribution < 1.29 is 5.11 Å². The Labute approximate surface area is 100 Å². The molecule has 0 aromatic heterocycles. The van der Waals surface area contributed by atoms with Crippen LogP contribution in [0.4, 0.5) is 0 Å². The summed E-state index contributed by atoms with van der Waals surface area (Å²) in [5.41, 5.74) is 0.452. The van der Waals surface area contributed by atoms with Crippen LogP contribution in [0.15, 0.2) is 0 Å². The lowest BCUT2D eigenvalue weighted by Gasteiger charge is -2.39. The van der Waals surface area contributed by atoms with E-state index >= 15 is 0 Å². The molecule has 2 rings (SSSR count). The van der Waals surface area contributed by atoms with E-state index in [4.69, 9.17) is 0 Å². The Kier molecular flexibility index (Phi) is 3.91. The lowest BCUT2D eigenvalue weighted by Crippen LogP contribution is -2.44. The number of hydrogen-bond donors (Lipinski definition) is 1. The number of hydrogen-bond acceptors (Lipinski definition) is 2. The predicted molar refractivity (Wildman–Crippen MR) is 67.4 cm³/mol.